The van der Waals surface area contributed by atoms with Gasteiger partial charge in [0.1, 0.15) is 6.54 Å². The molecular weight excluding hydrogens is 422 g/mol. The number of nitrogens with one attached hydrogen (secondary N) is 1. The van der Waals surface area contributed by atoms with Gasteiger partial charge in [0.15, 0.2) is 5.75 Å². The Morgan fingerprint density at radius 2 is 1.97 bits per heavy atom. The van der Waals surface area contributed by atoms with Crippen molar-refractivity contribution >= 4 is 5.91 Å². The van der Waals surface area contributed by atoms with E-state index in [-0.39, 0.29) is 29.7 Å². The van der Waals surface area contributed by atoms with Crippen LogP contribution >= 0.6 is 0 Å². The molecule has 4 rings (SSSR count). The van der Waals surface area contributed by atoms with Gasteiger partial charge in [0, 0.05) is 51.2 Å². The number of pyridine rings is 1. The fourth-order valence-corrected chi connectivity index (χ4v) is 4.39. The minimum Gasteiger partial charge on any atom is -0.491 e. The van der Waals surface area contributed by atoms with Gasteiger partial charge in [0.05, 0.1) is 26.0 Å². The normalized spacial score (nSPS) is 19.8. The predicted octanol–water partition coefficient (Wildman–Crippen LogP) is 1.97. The molecule has 2 aromatic rings. The number of carbonyl (C=O) groups excluding carboxylic acids is 1. The maximum Gasteiger partial charge on any atom is 0.239 e. The van der Waals surface area contributed by atoms with Crippen LogP contribution in [-0.4, -0.2) is 61.9 Å². The maximum absolute atomic E-state index is 12.7. The molecule has 8 nitrogen and oxygen atoms in total. The fraction of sp³-hybridized carbons (Fsp3) is 0.520. The van der Waals surface area contributed by atoms with Crippen LogP contribution in [0, 0.1) is 5.92 Å². The maximum atomic E-state index is 12.7. The number of ether oxygens (including phenoxy) is 3. The highest BCUT2D eigenvalue weighted by Gasteiger charge is 2.23. The van der Waals surface area contributed by atoms with Gasteiger partial charge in [-0.25, -0.2) is 0 Å². The summed E-state index contributed by atoms with van der Waals surface area (Å²) in [5.41, 5.74) is 1.75. The van der Waals surface area contributed by atoms with Crippen LogP contribution in [0.15, 0.2) is 47.4 Å². The molecule has 1 N–H and O–H groups in total. The van der Waals surface area contributed by atoms with E-state index in [2.05, 4.69) is 22.3 Å². The minimum atomic E-state index is -0.181. The van der Waals surface area contributed by atoms with Crippen LogP contribution in [0.3, 0.4) is 0 Å². The van der Waals surface area contributed by atoms with Gasteiger partial charge < -0.3 is 24.1 Å². The summed E-state index contributed by atoms with van der Waals surface area (Å²) < 4.78 is 18.4. The Balaban J connectivity index is 1.43. The van der Waals surface area contributed by atoms with E-state index in [9.17, 15) is 9.59 Å². The van der Waals surface area contributed by atoms with E-state index >= 15 is 0 Å². The molecule has 2 saturated heterocycles. The van der Waals surface area contributed by atoms with Crippen LogP contribution in [0.25, 0.3) is 0 Å². The molecule has 0 aliphatic carbocycles. The molecule has 1 aromatic heterocycles. The first-order valence-corrected chi connectivity index (χ1v) is 11.6. The van der Waals surface area contributed by atoms with Crippen LogP contribution in [0.2, 0.25) is 0 Å². The molecule has 1 atom stereocenters. The summed E-state index contributed by atoms with van der Waals surface area (Å²) in [4.78, 5) is 27.4. The zero-order valence-electron chi connectivity index (χ0n) is 19.2. The number of morpholine rings is 1. The largest absolute Gasteiger partial charge is 0.491 e. The SMILES string of the molecule is COc1cn(CC(=O)NCC2CCOCC2)c(CN2CCO[C@@H](c3ccccc3)C2)cc1=O. The van der Waals surface area contributed by atoms with Crippen molar-refractivity contribution in [3.05, 3.63) is 64.1 Å². The van der Waals surface area contributed by atoms with Gasteiger partial charge in [-0.2, -0.15) is 0 Å². The van der Waals surface area contributed by atoms with Crippen molar-refractivity contribution in [3.63, 3.8) is 0 Å². The van der Waals surface area contributed by atoms with E-state index in [1.807, 2.05) is 22.8 Å². The van der Waals surface area contributed by atoms with Gasteiger partial charge in [-0.05, 0) is 24.3 Å². The number of hydrogen-bond acceptors (Lipinski definition) is 6. The number of nitrogens with zero attached hydrogens (tertiary/aromatic N) is 2. The topological polar surface area (TPSA) is 82.0 Å². The van der Waals surface area contributed by atoms with Gasteiger partial charge in [-0.3, -0.25) is 14.5 Å². The van der Waals surface area contributed by atoms with Crippen LogP contribution in [0.1, 0.15) is 30.2 Å². The molecule has 0 spiro atoms. The molecule has 2 fully saturated rings. The zero-order valence-corrected chi connectivity index (χ0v) is 19.2. The van der Waals surface area contributed by atoms with Crippen molar-refractivity contribution in [2.24, 2.45) is 5.92 Å². The molecule has 0 unspecified atom stereocenters. The lowest BCUT2D eigenvalue weighted by atomic mass is 10.0. The Kier molecular flexibility index (Phi) is 8.15. The van der Waals surface area contributed by atoms with Gasteiger partial charge in [0.2, 0.25) is 11.3 Å². The third-order valence-corrected chi connectivity index (χ3v) is 6.35. The smallest absolute Gasteiger partial charge is 0.239 e. The third kappa shape index (κ3) is 6.43. The third-order valence-electron chi connectivity index (χ3n) is 6.35. The molecule has 0 bridgehead atoms. The Labute approximate surface area is 194 Å². The van der Waals surface area contributed by atoms with E-state index in [0.29, 0.717) is 25.6 Å². The summed E-state index contributed by atoms with van der Waals surface area (Å²) in [5.74, 6) is 0.617. The second-order valence-electron chi connectivity index (χ2n) is 8.69. The van der Waals surface area contributed by atoms with E-state index in [1.165, 1.54) is 7.11 Å². The molecule has 2 aliphatic heterocycles. The van der Waals surface area contributed by atoms with Crippen LogP contribution in [-0.2, 0) is 27.4 Å². The van der Waals surface area contributed by atoms with Crippen molar-refractivity contribution < 1.29 is 19.0 Å². The summed E-state index contributed by atoms with van der Waals surface area (Å²) in [6.45, 7) is 4.96. The zero-order chi connectivity index (χ0) is 23.0. The van der Waals surface area contributed by atoms with Gasteiger partial charge in [-0.1, -0.05) is 30.3 Å². The van der Waals surface area contributed by atoms with E-state index in [0.717, 1.165) is 50.4 Å². The first-order valence-electron chi connectivity index (χ1n) is 11.6. The number of rotatable bonds is 8. The Morgan fingerprint density at radius 1 is 1.18 bits per heavy atom. The highest BCUT2D eigenvalue weighted by atomic mass is 16.5. The van der Waals surface area contributed by atoms with Crippen LogP contribution < -0.4 is 15.5 Å². The lowest BCUT2D eigenvalue weighted by Crippen LogP contribution is -2.39. The molecular formula is C25H33N3O5. The van der Waals surface area contributed by atoms with Gasteiger partial charge in [-0.15, -0.1) is 0 Å². The van der Waals surface area contributed by atoms with Crippen LogP contribution in [0.4, 0.5) is 0 Å². The number of methoxy groups -OCH3 is 1. The lowest BCUT2D eigenvalue weighted by molar-refractivity contribution is -0.122. The highest BCUT2D eigenvalue weighted by Crippen LogP contribution is 2.23. The van der Waals surface area contributed by atoms with Crippen molar-refractivity contribution in [1.29, 1.82) is 0 Å². The average molecular weight is 456 g/mol. The van der Waals surface area contributed by atoms with Crippen molar-refractivity contribution in [1.82, 2.24) is 14.8 Å². The number of amides is 1. The Hall–Kier alpha value is -2.68. The van der Waals surface area contributed by atoms with E-state index in [1.54, 1.807) is 12.3 Å². The quantitative estimate of drug-likeness (QED) is 0.656. The molecule has 3 heterocycles. The molecule has 1 aromatic carbocycles. The van der Waals surface area contributed by atoms with E-state index in [4.69, 9.17) is 14.2 Å². The summed E-state index contributed by atoms with van der Waals surface area (Å²) in [5, 5.41) is 3.04. The summed E-state index contributed by atoms with van der Waals surface area (Å²) in [6, 6.07) is 11.7. The van der Waals surface area contributed by atoms with E-state index < -0.39 is 0 Å². The molecule has 178 valence electrons. The molecule has 0 saturated carbocycles. The predicted molar refractivity (Wildman–Crippen MR) is 124 cm³/mol. The fourth-order valence-electron chi connectivity index (χ4n) is 4.39. The summed E-state index contributed by atoms with van der Waals surface area (Å²) >= 11 is 0. The monoisotopic (exact) mass is 455 g/mol. The standard InChI is InChI=1S/C25H33N3O5/c1-31-24-17-28(18-25(30)26-14-19-7-10-32-11-8-19)21(13-22(24)29)15-27-9-12-33-23(16-27)20-5-3-2-4-6-20/h2-6,13,17,19,23H,7-12,14-16,18H2,1H3,(H,26,30)/t23-/m1/s1. The Bertz CT molecular complexity index is 972. The number of carbonyl (C=O) groups is 1. The lowest BCUT2D eigenvalue weighted by Gasteiger charge is -2.33. The number of benzene rings is 1. The highest BCUT2D eigenvalue weighted by molar-refractivity contribution is 5.75. The molecule has 2 aliphatic rings. The van der Waals surface area contributed by atoms with Crippen LogP contribution in [0.5, 0.6) is 5.75 Å². The average Bonchev–Trinajstić information content (AvgIpc) is 2.85. The number of aromatic nitrogens is 1. The number of hydrogen-bond donors (Lipinski definition) is 1. The first-order chi connectivity index (χ1) is 16.1. The summed E-state index contributed by atoms with van der Waals surface area (Å²) in [7, 11) is 1.47. The second kappa shape index (κ2) is 11.4. The molecule has 8 heteroatoms. The minimum absolute atomic E-state index is 0.0128. The van der Waals surface area contributed by atoms with Crippen molar-refractivity contribution in [2.75, 3.05) is 46.6 Å². The van der Waals surface area contributed by atoms with Gasteiger partial charge >= 0.3 is 0 Å². The molecule has 0 radical (unpaired) electrons. The first kappa shape index (κ1) is 23.5. The van der Waals surface area contributed by atoms with Crippen molar-refractivity contribution in [2.45, 2.75) is 32.0 Å². The van der Waals surface area contributed by atoms with Gasteiger partial charge in [0.25, 0.3) is 0 Å². The molecule has 1 amide bonds. The van der Waals surface area contributed by atoms with Crippen molar-refractivity contribution in [3.8, 4) is 5.75 Å². The molecule has 33 heavy (non-hydrogen) atoms. The second-order valence-corrected chi connectivity index (χ2v) is 8.69. The summed E-state index contributed by atoms with van der Waals surface area (Å²) in [6.07, 6.45) is 3.57. The Morgan fingerprint density at radius 3 is 2.73 bits per heavy atom.